The van der Waals surface area contributed by atoms with Crippen molar-refractivity contribution in [3.63, 3.8) is 0 Å². The number of carbonyl (C=O) groups excluding carboxylic acids is 1. The molecule has 1 heterocycles. The van der Waals surface area contributed by atoms with Gasteiger partial charge in [-0.3, -0.25) is 9.78 Å². The van der Waals surface area contributed by atoms with E-state index in [4.69, 9.17) is 0 Å². The van der Waals surface area contributed by atoms with Crippen molar-refractivity contribution in [2.24, 2.45) is 5.92 Å². The Kier molecular flexibility index (Phi) is 4.27. The first-order valence-corrected chi connectivity index (χ1v) is 5.72. The van der Waals surface area contributed by atoms with Gasteiger partial charge in [0.25, 0.3) is 5.91 Å². The largest absolute Gasteiger partial charge is 0.349 e. The molecule has 0 radical (unpaired) electrons. The molecule has 82 valence electrons. The first-order chi connectivity index (χ1) is 7.02. The molecule has 1 aromatic heterocycles. The predicted molar refractivity (Wildman–Crippen MR) is 63.7 cm³/mol. The van der Waals surface area contributed by atoms with Crippen LogP contribution in [0.25, 0.3) is 0 Å². The Morgan fingerprint density at radius 2 is 2.13 bits per heavy atom. The number of pyridine rings is 1. The number of nitrogens with one attached hydrogen (secondary N) is 1. The minimum absolute atomic E-state index is 0.0644. The number of hydrogen-bond acceptors (Lipinski definition) is 2. The fourth-order valence-corrected chi connectivity index (χ4v) is 1.44. The molecule has 0 fully saturated rings. The van der Waals surface area contributed by atoms with E-state index < -0.39 is 0 Å². The van der Waals surface area contributed by atoms with E-state index in [2.05, 4.69) is 40.1 Å². The van der Waals surface area contributed by atoms with E-state index in [0.29, 0.717) is 11.5 Å². The number of amides is 1. The third-order valence-electron chi connectivity index (χ3n) is 2.38. The first-order valence-electron chi connectivity index (χ1n) is 4.92. The van der Waals surface area contributed by atoms with Gasteiger partial charge in [-0.1, -0.05) is 13.8 Å². The third kappa shape index (κ3) is 3.30. The average molecular weight is 271 g/mol. The summed E-state index contributed by atoms with van der Waals surface area (Å²) in [7, 11) is 0. The molecule has 0 saturated carbocycles. The van der Waals surface area contributed by atoms with Gasteiger partial charge < -0.3 is 5.32 Å². The second-order valence-electron chi connectivity index (χ2n) is 3.86. The maximum atomic E-state index is 11.8. The lowest BCUT2D eigenvalue weighted by atomic mass is 10.1. The Morgan fingerprint density at radius 1 is 1.47 bits per heavy atom. The van der Waals surface area contributed by atoms with Crippen molar-refractivity contribution < 1.29 is 4.79 Å². The number of halogens is 1. The van der Waals surface area contributed by atoms with E-state index in [9.17, 15) is 4.79 Å². The Hall–Kier alpha value is -0.900. The van der Waals surface area contributed by atoms with E-state index in [1.54, 1.807) is 18.5 Å². The lowest BCUT2D eigenvalue weighted by Gasteiger charge is -2.17. The van der Waals surface area contributed by atoms with Crippen molar-refractivity contribution in [1.29, 1.82) is 0 Å². The molecule has 1 aromatic rings. The van der Waals surface area contributed by atoms with Gasteiger partial charge in [-0.2, -0.15) is 0 Å². The molecule has 0 aliphatic carbocycles. The molecule has 0 spiro atoms. The fraction of sp³-hybridized carbons (Fsp3) is 0.455. The van der Waals surface area contributed by atoms with Crippen molar-refractivity contribution in [2.75, 3.05) is 0 Å². The summed E-state index contributed by atoms with van der Waals surface area (Å²) in [6.07, 6.45) is 3.23. The summed E-state index contributed by atoms with van der Waals surface area (Å²) in [5, 5.41) is 2.94. The molecule has 1 unspecified atom stereocenters. The summed E-state index contributed by atoms with van der Waals surface area (Å²) >= 11 is 3.30. The van der Waals surface area contributed by atoms with Gasteiger partial charge in [0.2, 0.25) is 0 Å². The van der Waals surface area contributed by atoms with Crippen LogP contribution in [-0.2, 0) is 0 Å². The highest BCUT2D eigenvalue weighted by atomic mass is 79.9. The van der Waals surface area contributed by atoms with Gasteiger partial charge in [-0.05, 0) is 34.8 Å². The van der Waals surface area contributed by atoms with E-state index in [1.807, 2.05) is 6.92 Å². The molecule has 1 N–H and O–H groups in total. The van der Waals surface area contributed by atoms with Crippen LogP contribution in [0.15, 0.2) is 22.9 Å². The fourth-order valence-electron chi connectivity index (χ4n) is 1.01. The van der Waals surface area contributed by atoms with Crippen LogP contribution < -0.4 is 5.32 Å². The van der Waals surface area contributed by atoms with Crippen LogP contribution in [0.2, 0.25) is 0 Å². The molecular weight excluding hydrogens is 256 g/mol. The molecule has 0 aromatic carbocycles. The summed E-state index contributed by atoms with van der Waals surface area (Å²) < 4.78 is 0.721. The molecule has 0 aliphatic rings. The highest BCUT2D eigenvalue weighted by Crippen LogP contribution is 2.14. The Bertz CT molecular complexity index is 352. The van der Waals surface area contributed by atoms with Crippen LogP contribution in [0, 0.1) is 5.92 Å². The quantitative estimate of drug-likeness (QED) is 0.918. The number of carbonyl (C=O) groups is 1. The van der Waals surface area contributed by atoms with E-state index in [0.717, 1.165) is 4.47 Å². The molecule has 0 bridgehead atoms. The monoisotopic (exact) mass is 270 g/mol. The SMILES string of the molecule is CC(C)C(C)NC(=O)c1ccncc1Br. The molecule has 1 atom stereocenters. The van der Waals surface area contributed by atoms with Gasteiger partial charge in [-0.15, -0.1) is 0 Å². The summed E-state index contributed by atoms with van der Waals surface area (Å²) in [4.78, 5) is 15.7. The zero-order valence-electron chi connectivity index (χ0n) is 9.12. The van der Waals surface area contributed by atoms with Crippen LogP contribution >= 0.6 is 15.9 Å². The summed E-state index contributed by atoms with van der Waals surface area (Å²) in [5.74, 6) is 0.361. The highest BCUT2D eigenvalue weighted by Gasteiger charge is 2.14. The lowest BCUT2D eigenvalue weighted by Crippen LogP contribution is -2.36. The number of nitrogens with zero attached hydrogens (tertiary/aromatic N) is 1. The molecule has 4 heteroatoms. The highest BCUT2D eigenvalue weighted by molar-refractivity contribution is 9.10. The second kappa shape index (κ2) is 5.26. The Morgan fingerprint density at radius 3 is 2.67 bits per heavy atom. The third-order valence-corrected chi connectivity index (χ3v) is 3.01. The standard InChI is InChI=1S/C11H15BrN2O/c1-7(2)8(3)14-11(15)9-4-5-13-6-10(9)12/h4-8H,1-3H3,(H,14,15). The lowest BCUT2D eigenvalue weighted by molar-refractivity contribution is 0.0929. The van der Waals surface area contributed by atoms with Crippen LogP contribution in [-0.4, -0.2) is 16.9 Å². The van der Waals surface area contributed by atoms with E-state index >= 15 is 0 Å². The van der Waals surface area contributed by atoms with Gasteiger partial charge in [0.1, 0.15) is 0 Å². The van der Waals surface area contributed by atoms with Crippen molar-refractivity contribution in [2.45, 2.75) is 26.8 Å². The number of aromatic nitrogens is 1. The van der Waals surface area contributed by atoms with Gasteiger partial charge in [0.15, 0.2) is 0 Å². The normalized spacial score (nSPS) is 12.6. The van der Waals surface area contributed by atoms with Gasteiger partial charge in [0.05, 0.1) is 5.56 Å². The molecule has 1 amide bonds. The molecule has 1 rings (SSSR count). The Balaban J connectivity index is 2.74. The van der Waals surface area contributed by atoms with Gasteiger partial charge >= 0.3 is 0 Å². The zero-order chi connectivity index (χ0) is 11.4. The van der Waals surface area contributed by atoms with Crippen LogP contribution in [0.4, 0.5) is 0 Å². The summed E-state index contributed by atoms with van der Waals surface area (Å²) in [5.41, 5.74) is 0.623. The van der Waals surface area contributed by atoms with E-state index in [-0.39, 0.29) is 11.9 Å². The number of hydrogen-bond donors (Lipinski definition) is 1. The minimum Gasteiger partial charge on any atom is -0.349 e. The van der Waals surface area contributed by atoms with Crippen molar-refractivity contribution in [1.82, 2.24) is 10.3 Å². The predicted octanol–water partition coefficient (Wildman–Crippen LogP) is 2.62. The van der Waals surface area contributed by atoms with Crippen LogP contribution in [0.1, 0.15) is 31.1 Å². The second-order valence-corrected chi connectivity index (χ2v) is 4.72. The van der Waals surface area contributed by atoms with Crippen LogP contribution in [0.5, 0.6) is 0 Å². The smallest absolute Gasteiger partial charge is 0.252 e. The first kappa shape index (κ1) is 12.2. The topological polar surface area (TPSA) is 42.0 Å². The average Bonchev–Trinajstić information content (AvgIpc) is 2.18. The van der Waals surface area contributed by atoms with Crippen molar-refractivity contribution in [3.05, 3.63) is 28.5 Å². The molecule has 0 aliphatic heterocycles. The minimum atomic E-state index is -0.0644. The molecule has 3 nitrogen and oxygen atoms in total. The number of rotatable bonds is 3. The molecular formula is C11H15BrN2O. The van der Waals surface area contributed by atoms with Crippen LogP contribution in [0.3, 0.4) is 0 Å². The van der Waals surface area contributed by atoms with Gasteiger partial charge in [-0.25, -0.2) is 0 Å². The summed E-state index contributed by atoms with van der Waals surface area (Å²) in [6, 6.07) is 1.87. The van der Waals surface area contributed by atoms with E-state index in [1.165, 1.54) is 0 Å². The zero-order valence-corrected chi connectivity index (χ0v) is 10.7. The maximum absolute atomic E-state index is 11.8. The van der Waals surface area contributed by atoms with Crippen molar-refractivity contribution in [3.8, 4) is 0 Å². The van der Waals surface area contributed by atoms with Crippen molar-refractivity contribution >= 4 is 21.8 Å². The maximum Gasteiger partial charge on any atom is 0.252 e. The van der Waals surface area contributed by atoms with Gasteiger partial charge in [0, 0.05) is 22.9 Å². The molecule has 15 heavy (non-hydrogen) atoms. The summed E-state index contributed by atoms with van der Waals surface area (Å²) in [6.45, 7) is 6.15. The molecule has 0 saturated heterocycles. The Labute approximate surface area is 98.4 Å².